The Bertz CT molecular complexity index is 691. The van der Waals surface area contributed by atoms with Gasteiger partial charge in [0.05, 0.1) is 12.0 Å². The zero-order valence-corrected chi connectivity index (χ0v) is 9.76. The first-order chi connectivity index (χ1) is 8.24. The molecule has 0 amide bonds. The van der Waals surface area contributed by atoms with Gasteiger partial charge in [0.1, 0.15) is 5.52 Å². The summed E-state index contributed by atoms with van der Waals surface area (Å²) in [7, 11) is 1.91. The van der Waals surface area contributed by atoms with E-state index in [1.54, 1.807) is 24.8 Å². The molecule has 3 aromatic rings. The second kappa shape index (κ2) is 3.78. The number of fused-ring (bicyclic) bond motifs is 1. The number of pyridine rings is 1. The topological polar surface area (TPSA) is 56.5 Å². The lowest BCUT2D eigenvalue weighted by Crippen LogP contribution is -1.90. The van der Waals surface area contributed by atoms with Gasteiger partial charge in [0.2, 0.25) is 5.28 Å². The Morgan fingerprint density at radius 2 is 2.12 bits per heavy atom. The van der Waals surface area contributed by atoms with Crippen molar-refractivity contribution in [3.63, 3.8) is 0 Å². The van der Waals surface area contributed by atoms with Crippen molar-refractivity contribution < 1.29 is 0 Å². The van der Waals surface area contributed by atoms with Gasteiger partial charge in [-0.25, -0.2) is 19.9 Å². The maximum Gasteiger partial charge on any atom is 0.222 e. The van der Waals surface area contributed by atoms with E-state index >= 15 is 0 Å². The quantitative estimate of drug-likeness (QED) is 0.616. The first kappa shape index (κ1) is 10.2. The van der Waals surface area contributed by atoms with Crippen LogP contribution in [-0.2, 0) is 7.05 Å². The molecule has 0 radical (unpaired) electrons. The molecule has 0 atom stereocenters. The van der Waals surface area contributed by atoms with Crippen LogP contribution < -0.4 is 0 Å². The first-order valence-corrected chi connectivity index (χ1v) is 5.38. The summed E-state index contributed by atoms with van der Waals surface area (Å²) in [4.78, 5) is 16.6. The molecule has 0 N–H and O–H groups in total. The second-order valence-electron chi connectivity index (χ2n) is 3.63. The minimum absolute atomic E-state index is 0.226. The number of aryl methyl sites for hydroxylation is 1. The Labute approximate surface area is 102 Å². The van der Waals surface area contributed by atoms with Crippen LogP contribution >= 0.6 is 11.6 Å². The van der Waals surface area contributed by atoms with E-state index in [2.05, 4.69) is 19.9 Å². The molecule has 84 valence electrons. The SMILES string of the molecule is Cn1cnc2cc(-c3ccnc(Cl)n3)cnc21. The molecule has 3 rings (SSSR count). The van der Waals surface area contributed by atoms with Gasteiger partial charge in [0.25, 0.3) is 0 Å². The van der Waals surface area contributed by atoms with Crippen LogP contribution in [0, 0.1) is 0 Å². The van der Waals surface area contributed by atoms with E-state index in [9.17, 15) is 0 Å². The number of imidazole rings is 1. The largest absolute Gasteiger partial charge is 0.318 e. The third-order valence-electron chi connectivity index (χ3n) is 2.47. The predicted octanol–water partition coefficient (Wildman–Crippen LogP) is 2.08. The molecule has 0 aliphatic heterocycles. The Hall–Kier alpha value is -2.01. The molecule has 0 saturated heterocycles. The number of hydrogen-bond donors (Lipinski definition) is 0. The first-order valence-electron chi connectivity index (χ1n) is 5.00. The van der Waals surface area contributed by atoms with Crippen molar-refractivity contribution in [2.75, 3.05) is 0 Å². The number of nitrogens with zero attached hydrogens (tertiary/aromatic N) is 5. The summed E-state index contributed by atoms with van der Waals surface area (Å²) >= 11 is 5.75. The third-order valence-corrected chi connectivity index (χ3v) is 2.66. The van der Waals surface area contributed by atoms with Gasteiger partial charge in [-0.3, -0.25) is 0 Å². The van der Waals surface area contributed by atoms with Crippen molar-refractivity contribution in [3.8, 4) is 11.3 Å². The molecular weight excluding hydrogens is 238 g/mol. The second-order valence-corrected chi connectivity index (χ2v) is 3.97. The van der Waals surface area contributed by atoms with Crippen LogP contribution in [0.15, 0.2) is 30.9 Å². The lowest BCUT2D eigenvalue weighted by Gasteiger charge is -2.00. The number of rotatable bonds is 1. The van der Waals surface area contributed by atoms with E-state index in [0.717, 1.165) is 22.4 Å². The van der Waals surface area contributed by atoms with Crippen molar-refractivity contribution in [1.82, 2.24) is 24.5 Å². The lowest BCUT2D eigenvalue weighted by atomic mass is 10.2. The molecule has 0 aromatic carbocycles. The van der Waals surface area contributed by atoms with E-state index in [-0.39, 0.29) is 5.28 Å². The maximum absolute atomic E-state index is 5.75. The van der Waals surface area contributed by atoms with Crippen molar-refractivity contribution in [3.05, 3.63) is 36.1 Å². The van der Waals surface area contributed by atoms with Gasteiger partial charge in [0, 0.05) is 25.0 Å². The van der Waals surface area contributed by atoms with Gasteiger partial charge in [-0.15, -0.1) is 0 Å². The highest BCUT2D eigenvalue weighted by molar-refractivity contribution is 6.28. The molecule has 0 aliphatic carbocycles. The third kappa shape index (κ3) is 1.74. The van der Waals surface area contributed by atoms with Gasteiger partial charge in [-0.05, 0) is 23.7 Å². The van der Waals surface area contributed by atoms with Crippen LogP contribution in [0.25, 0.3) is 22.4 Å². The van der Waals surface area contributed by atoms with Crippen molar-refractivity contribution in [1.29, 1.82) is 0 Å². The summed E-state index contributed by atoms with van der Waals surface area (Å²) < 4.78 is 1.87. The van der Waals surface area contributed by atoms with Crippen LogP contribution in [0.4, 0.5) is 0 Å². The fourth-order valence-electron chi connectivity index (χ4n) is 1.65. The molecule has 0 unspecified atom stereocenters. The molecule has 0 aliphatic rings. The minimum atomic E-state index is 0.226. The van der Waals surface area contributed by atoms with Gasteiger partial charge in [-0.1, -0.05) is 0 Å². The molecule has 3 aromatic heterocycles. The fraction of sp³-hybridized carbons (Fsp3) is 0.0909. The molecule has 5 nitrogen and oxygen atoms in total. The average Bonchev–Trinajstić information content (AvgIpc) is 2.71. The Morgan fingerprint density at radius 1 is 1.24 bits per heavy atom. The van der Waals surface area contributed by atoms with Gasteiger partial charge >= 0.3 is 0 Å². The normalized spacial score (nSPS) is 10.9. The van der Waals surface area contributed by atoms with E-state index < -0.39 is 0 Å². The van der Waals surface area contributed by atoms with Crippen LogP contribution in [0.5, 0.6) is 0 Å². The molecular formula is C11H8ClN5. The zero-order valence-electron chi connectivity index (χ0n) is 9.00. The smallest absolute Gasteiger partial charge is 0.222 e. The number of aromatic nitrogens is 5. The monoisotopic (exact) mass is 245 g/mol. The van der Waals surface area contributed by atoms with Crippen LogP contribution in [-0.4, -0.2) is 24.5 Å². The van der Waals surface area contributed by atoms with E-state index in [1.807, 2.05) is 17.7 Å². The van der Waals surface area contributed by atoms with E-state index in [1.165, 1.54) is 0 Å². The van der Waals surface area contributed by atoms with E-state index in [0.29, 0.717) is 0 Å². The number of hydrogen-bond acceptors (Lipinski definition) is 4. The predicted molar refractivity (Wildman–Crippen MR) is 64.5 cm³/mol. The van der Waals surface area contributed by atoms with Crippen LogP contribution in [0.3, 0.4) is 0 Å². The summed E-state index contributed by atoms with van der Waals surface area (Å²) in [6, 6.07) is 3.72. The van der Waals surface area contributed by atoms with Gasteiger partial charge < -0.3 is 4.57 Å². The lowest BCUT2D eigenvalue weighted by molar-refractivity contribution is 0.931. The Kier molecular flexibility index (Phi) is 2.26. The molecule has 0 spiro atoms. The van der Waals surface area contributed by atoms with Crippen molar-refractivity contribution in [2.24, 2.45) is 7.05 Å². The summed E-state index contributed by atoms with van der Waals surface area (Å²) in [5.41, 5.74) is 3.29. The summed E-state index contributed by atoms with van der Waals surface area (Å²) in [6.07, 6.45) is 5.10. The highest BCUT2D eigenvalue weighted by Crippen LogP contribution is 2.20. The van der Waals surface area contributed by atoms with Crippen molar-refractivity contribution in [2.45, 2.75) is 0 Å². The molecule has 17 heavy (non-hydrogen) atoms. The Morgan fingerprint density at radius 3 is 2.94 bits per heavy atom. The average molecular weight is 246 g/mol. The van der Waals surface area contributed by atoms with E-state index in [4.69, 9.17) is 11.6 Å². The van der Waals surface area contributed by atoms with Crippen LogP contribution in [0.1, 0.15) is 0 Å². The minimum Gasteiger partial charge on any atom is -0.318 e. The van der Waals surface area contributed by atoms with Crippen molar-refractivity contribution >= 4 is 22.8 Å². The summed E-state index contributed by atoms with van der Waals surface area (Å²) in [5, 5.41) is 0.226. The fourth-order valence-corrected chi connectivity index (χ4v) is 1.80. The molecule has 3 heterocycles. The molecule has 0 saturated carbocycles. The molecule has 6 heteroatoms. The van der Waals surface area contributed by atoms with Crippen LogP contribution in [0.2, 0.25) is 5.28 Å². The molecule has 0 fully saturated rings. The number of halogens is 1. The standard InChI is InChI=1S/C11H8ClN5/c1-17-6-15-9-4-7(5-14-10(9)17)8-2-3-13-11(12)16-8/h2-6H,1H3. The maximum atomic E-state index is 5.75. The van der Waals surface area contributed by atoms with Gasteiger partial charge in [-0.2, -0.15) is 0 Å². The zero-order chi connectivity index (χ0) is 11.8. The molecule has 0 bridgehead atoms. The van der Waals surface area contributed by atoms with Gasteiger partial charge in [0.15, 0.2) is 5.65 Å². The highest BCUT2D eigenvalue weighted by Gasteiger charge is 2.06. The summed E-state index contributed by atoms with van der Waals surface area (Å²) in [6.45, 7) is 0. The summed E-state index contributed by atoms with van der Waals surface area (Å²) in [5.74, 6) is 0. The highest BCUT2D eigenvalue weighted by atomic mass is 35.5. The Balaban J connectivity index is 2.18.